The molecule has 3 N–H and O–H groups in total. The zero-order chi connectivity index (χ0) is 15.4. The Morgan fingerprint density at radius 2 is 1.74 bits per heavy atom. The molecule has 3 rings (SSSR count). The van der Waals surface area contributed by atoms with Crippen LogP contribution in [0.1, 0.15) is 35.6 Å². The van der Waals surface area contributed by atoms with E-state index in [0.717, 1.165) is 24.8 Å². The third-order valence-corrected chi connectivity index (χ3v) is 4.34. The topological polar surface area (TPSA) is 55.1 Å². The highest BCUT2D eigenvalue weighted by atomic mass is 35.5. The fraction of sp³-hybridized carbons (Fsp3) is 0.316. The molecule has 1 amide bonds. The lowest BCUT2D eigenvalue weighted by molar-refractivity contribution is -0.122. The fourth-order valence-corrected chi connectivity index (χ4v) is 3.13. The average Bonchev–Trinajstić information content (AvgIpc) is 2.55. The van der Waals surface area contributed by atoms with Crippen LogP contribution in [0.15, 0.2) is 54.6 Å². The van der Waals surface area contributed by atoms with Crippen LogP contribution in [-0.4, -0.2) is 11.9 Å². The summed E-state index contributed by atoms with van der Waals surface area (Å²) in [7, 11) is 0. The molecule has 0 spiro atoms. The maximum Gasteiger partial charge on any atom is 0.222 e. The van der Waals surface area contributed by atoms with E-state index >= 15 is 0 Å². The molecule has 2 aromatic rings. The Morgan fingerprint density at radius 3 is 2.48 bits per heavy atom. The van der Waals surface area contributed by atoms with E-state index in [1.165, 1.54) is 11.1 Å². The summed E-state index contributed by atoms with van der Waals surface area (Å²) in [5.74, 6) is 0.0423. The zero-order valence-corrected chi connectivity index (χ0v) is 13.9. The fourth-order valence-electron chi connectivity index (χ4n) is 3.13. The molecule has 2 aromatic carbocycles. The lowest BCUT2D eigenvalue weighted by atomic mass is 9.88. The molecular formula is C19H23ClN2O. The van der Waals surface area contributed by atoms with E-state index < -0.39 is 0 Å². The van der Waals surface area contributed by atoms with Crippen LogP contribution < -0.4 is 11.1 Å². The molecule has 0 bridgehead atoms. The number of amides is 1. The van der Waals surface area contributed by atoms with Crippen LogP contribution in [0.3, 0.4) is 0 Å². The third-order valence-electron chi connectivity index (χ3n) is 4.34. The van der Waals surface area contributed by atoms with Gasteiger partial charge in [0.1, 0.15) is 0 Å². The summed E-state index contributed by atoms with van der Waals surface area (Å²) in [5, 5.41) is 3.14. The van der Waals surface area contributed by atoms with Gasteiger partial charge in [0.2, 0.25) is 5.91 Å². The monoisotopic (exact) mass is 330 g/mol. The van der Waals surface area contributed by atoms with E-state index in [-0.39, 0.29) is 30.4 Å². The second kappa shape index (κ2) is 8.14. The first-order chi connectivity index (χ1) is 10.7. The highest BCUT2D eigenvalue weighted by Crippen LogP contribution is 2.21. The van der Waals surface area contributed by atoms with Gasteiger partial charge in [-0.3, -0.25) is 4.79 Å². The zero-order valence-electron chi connectivity index (χ0n) is 13.1. The molecule has 3 nitrogen and oxygen atoms in total. The number of nitrogens with two attached hydrogens (primary N) is 1. The van der Waals surface area contributed by atoms with Crippen molar-refractivity contribution in [2.45, 2.75) is 37.8 Å². The van der Waals surface area contributed by atoms with Gasteiger partial charge in [-0.25, -0.2) is 0 Å². The highest BCUT2D eigenvalue weighted by molar-refractivity contribution is 5.85. The Labute approximate surface area is 143 Å². The molecule has 2 atom stereocenters. The summed E-state index contributed by atoms with van der Waals surface area (Å²) in [6, 6.07) is 18.3. The van der Waals surface area contributed by atoms with E-state index in [0.29, 0.717) is 6.42 Å². The van der Waals surface area contributed by atoms with E-state index in [2.05, 4.69) is 29.6 Å². The van der Waals surface area contributed by atoms with Crippen LogP contribution >= 0.6 is 12.4 Å². The number of halogens is 1. The normalized spacial score (nSPS) is 17.5. The molecule has 122 valence electrons. The molecule has 1 aliphatic carbocycles. The van der Waals surface area contributed by atoms with Crippen molar-refractivity contribution in [2.75, 3.05) is 0 Å². The first kappa shape index (κ1) is 17.5. The maximum absolute atomic E-state index is 12.2. The number of nitrogens with one attached hydrogen (secondary N) is 1. The van der Waals surface area contributed by atoms with Gasteiger partial charge in [0.15, 0.2) is 0 Å². The van der Waals surface area contributed by atoms with E-state index in [1.54, 1.807) is 0 Å². The van der Waals surface area contributed by atoms with Crippen LogP contribution in [0.5, 0.6) is 0 Å². The summed E-state index contributed by atoms with van der Waals surface area (Å²) in [6.07, 6.45) is 3.29. The quantitative estimate of drug-likeness (QED) is 0.904. The molecule has 0 fully saturated rings. The second-order valence-corrected chi connectivity index (χ2v) is 6.00. The second-order valence-electron chi connectivity index (χ2n) is 6.00. The molecule has 0 heterocycles. The Bertz CT molecular complexity index is 645. The number of carbonyl (C=O) groups is 1. The average molecular weight is 331 g/mol. The first-order valence-electron chi connectivity index (χ1n) is 7.89. The van der Waals surface area contributed by atoms with E-state index in [4.69, 9.17) is 5.73 Å². The number of fused-ring (bicyclic) bond motifs is 1. The number of rotatable bonds is 4. The van der Waals surface area contributed by atoms with Crippen molar-refractivity contribution in [1.82, 2.24) is 5.32 Å². The van der Waals surface area contributed by atoms with Crippen molar-refractivity contribution in [3.05, 3.63) is 71.3 Å². The van der Waals surface area contributed by atoms with Crippen molar-refractivity contribution < 1.29 is 4.79 Å². The maximum atomic E-state index is 12.2. The van der Waals surface area contributed by atoms with Gasteiger partial charge in [0.25, 0.3) is 0 Å². The lowest BCUT2D eigenvalue weighted by Gasteiger charge is -2.26. The Hall–Kier alpha value is -1.84. The lowest BCUT2D eigenvalue weighted by Crippen LogP contribution is -2.39. The van der Waals surface area contributed by atoms with Gasteiger partial charge in [-0.2, -0.15) is 0 Å². The largest absolute Gasteiger partial charge is 0.353 e. The van der Waals surface area contributed by atoms with E-state index in [9.17, 15) is 4.79 Å². The van der Waals surface area contributed by atoms with Gasteiger partial charge in [-0.05, 0) is 36.0 Å². The minimum Gasteiger partial charge on any atom is -0.353 e. The van der Waals surface area contributed by atoms with Crippen LogP contribution in [0.25, 0.3) is 0 Å². The number of aryl methyl sites for hydroxylation is 1. The Balaban J connectivity index is 0.00000192. The van der Waals surface area contributed by atoms with Gasteiger partial charge in [0.05, 0.1) is 0 Å². The Morgan fingerprint density at radius 1 is 1.09 bits per heavy atom. The Kier molecular flexibility index (Phi) is 6.20. The molecule has 0 radical (unpaired) electrons. The van der Waals surface area contributed by atoms with Crippen LogP contribution in [0.2, 0.25) is 0 Å². The van der Waals surface area contributed by atoms with Crippen molar-refractivity contribution in [2.24, 2.45) is 5.73 Å². The van der Waals surface area contributed by atoms with Gasteiger partial charge in [0, 0.05) is 18.5 Å². The third kappa shape index (κ3) is 4.57. The minimum atomic E-state index is -0.239. The number of benzene rings is 2. The first-order valence-corrected chi connectivity index (χ1v) is 7.89. The predicted molar refractivity (Wildman–Crippen MR) is 95.6 cm³/mol. The summed E-state index contributed by atoms with van der Waals surface area (Å²) in [5.41, 5.74) is 9.89. The molecular weight excluding hydrogens is 308 g/mol. The van der Waals surface area contributed by atoms with Crippen LogP contribution in [0.4, 0.5) is 0 Å². The predicted octanol–water partition coefficient (Wildman–Crippen LogP) is 3.17. The minimum absolute atomic E-state index is 0. The molecule has 2 unspecified atom stereocenters. The SMILES string of the molecule is Cl.NC(CC(=O)NC1CCc2ccccc2C1)c1ccccc1. The van der Waals surface area contributed by atoms with Crippen LogP contribution in [0, 0.1) is 0 Å². The van der Waals surface area contributed by atoms with Crippen molar-refractivity contribution in [1.29, 1.82) is 0 Å². The standard InChI is InChI=1S/C19H22N2O.ClH/c20-18(15-7-2-1-3-8-15)13-19(22)21-17-11-10-14-6-4-5-9-16(14)12-17;/h1-9,17-18H,10-13,20H2,(H,21,22);1H. The van der Waals surface area contributed by atoms with Gasteiger partial charge in [-0.15, -0.1) is 12.4 Å². The number of hydrogen-bond donors (Lipinski definition) is 2. The number of hydrogen-bond acceptors (Lipinski definition) is 2. The summed E-state index contributed by atoms with van der Waals surface area (Å²) in [4.78, 5) is 12.2. The van der Waals surface area contributed by atoms with Gasteiger partial charge in [-0.1, -0.05) is 54.6 Å². The summed E-state index contributed by atoms with van der Waals surface area (Å²) < 4.78 is 0. The highest BCUT2D eigenvalue weighted by Gasteiger charge is 2.20. The van der Waals surface area contributed by atoms with Gasteiger partial charge < -0.3 is 11.1 Å². The molecule has 1 aliphatic rings. The number of carbonyl (C=O) groups excluding carboxylic acids is 1. The van der Waals surface area contributed by atoms with E-state index in [1.807, 2.05) is 30.3 Å². The van der Waals surface area contributed by atoms with Crippen molar-refractivity contribution in [3.8, 4) is 0 Å². The van der Waals surface area contributed by atoms with Crippen molar-refractivity contribution in [3.63, 3.8) is 0 Å². The van der Waals surface area contributed by atoms with Gasteiger partial charge >= 0.3 is 0 Å². The molecule has 0 saturated heterocycles. The summed E-state index contributed by atoms with van der Waals surface area (Å²) >= 11 is 0. The molecule has 0 aliphatic heterocycles. The molecule has 0 aromatic heterocycles. The van der Waals surface area contributed by atoms with Crippen LogP contribution in [-0.2, 0) is 17.6 Å². The molecule has 4 heteroatoms. The smallest absolute Gasteiger partial charge is 0.222 e. The van der Waals surface area contributed by atoms with Crippen molar-refractivity contribution >= 4 is 18.3 Å². The summed E-state index contributed by atoms with van der Waals surface area (Å²) in [6.45, 7) is 0. The molecule has 0 saturated carbocycles. The molecule has 23 heavy (non-hydrogen) atoms.